The molecule has 1 N–H and O–H groups in total. The Bertz CT molecular complexity index is 810. The zero-order chi connectivity index (χ0) is 19.2. The number of methoxy groups -OCH3 is 1. The minimum atomic E-state index is -0.142. The Morgan fingerprint density at radius 1 is 1.22 bits per heavy atom. The number of benzene rings is 2. The molecule has 0 bridgehead atoms. The van der Waals surface area contributed by atoms with Crippen LogP contribution in [0, 0.1) is 6.92 Å². The molecule has 0 aliphatic carbocycles. The van der Waals surface area contributed by atoms with E-state index in [1.807, 2.05) is 19.1 Å². The van der Waals surface area contributed by atoms with Crippen molar-refractivity contribution in [2.24, 2.45) is 0 Å². The summed E-state index contributed by atoms with van der Waals surface area (Å²) in [5, 5.41) is 3.05. The summed E-state index contributed by atoms with van der Waals surface area (Å²) in [6, 6.07) is 11.9. The van der Waals surface area contributed by atoms with Gasteiger partial charge in [0.15, 0.2) is 11.5 Å². The van der Waals surface area contributed by atoms with E-state index < -0.39 is 0 Å². The first-order valence-electron chi connectivity index (χ1n) is 9.13. The van der Waals surface area contributed by atoms with E-state index in [-0.39, 0.29) is 11.9 Å². The van der Waals surface area contributed by atoms with E-state index >= 15 is 0 Å². The Labute approximate surface area is 159 Å². The first-order chi connectivity index (χ1) is 13.1. The van der Waals surface area contributed by atoms with E-state index in [2.05, 4.69) is 36.5 Å². The van der Waals surface area contributed by atoms with E-state index in [0.29, 0.717) is 30.5 Å². The second-order valence-electron chi connectivity index (χ2n) is 6.46. The second kappa shape index (κ2) is 8.62. The molecule has 0 spiro atoms. The summed E-state index contributed by atoms with van der Waals surface area (Å²) in [7, 11) is 1.58. The number of carbonyl (C=O) groups excluding carboxylic acids is 1. The molecule has 0 fully saturated rings. The van der Waals surface area contributed by atoms with E-state index in [0.717, 1.165) is 17.5 Å². The number of carbonyl (C=O) groups is 1. The minimum absolute atomic E-state index is 0.0162. The lowest BCUT2D eigenvalue weighted by Crippen LogP contribution is -2.26. The zero-order valence-electron chi connectivity index (χ0n) is 16.0. The molecule has 3 rings (SSSR count). The Balaban J connectivity index is 1.71. The molecule has 5 nitrogen and oxygen atoms in total. The van der Waals surface area contributed by atoms with Gasteiger partial charge in [-0.3, -0.25) is 4.79 Å². The maximum absolute atomic E-state index is 12.4. The first kappa shape index (κ1) is 18.8. The van der Waals surface area contributed by atoms with Gasteiger partial charge < -0.3 is 19.5 Å². The fourth-order valence-corrected chi connectivity index (χ4v) is 3.00. The van der Waals surface area contributed by atoms with E-state index in [1.165, 1.54) is 11.6 Å². The molecule has 0 radical (unpaired) electrons. The van der Waals surface area contributed by atoms with Gasteiger partial charge in [0.2, 0.25) is 11.7 Å². The van der Waals surface area contributed by atoms with Crippen molar-refractivity contribution in [3.05, 3.63) is 59.2 Å². The van der Waals surface area contributed by atoms with E-state index in [9.17, 15) is 4.79 Å². The van der Waals surface area contributed by atoms with Crippen molar-refractivity contribution in [1.29, 1.82) is 0 Å². The van der Waals surface area contributed by atoms with Crippen LogP contribution in [0.25, 0.3) is 6.08 Å². The third kappa shape index (κ3) is 4.61. The summed E-state index contributed by atoms with van der Waals surface area (Å²) in [5.74, 6) is 1.69. The lowest BCUT2D eigenvalue weighted by atomic mass is 10.0. The molecule has 2 aromatic carbocycles. The molecule has 1 unspecified atom stereocenters. The van der Waals surface area contributed by atoms with Gasteiger partial charge in [-0.25, -0.2) is 0 Å². The topological polar surface area (TPSA) is 56.8 Å². The van der Waals surface area contributed by atoms with Gasteiger partial charge in [-0.1, -0.05) is 36.8 Å². The Morgan fingerprint density at radius 2 is 1.96 bits per heavy atom. The number of hydrogen-bond acceptors (Lipinski definition) is 4. The fourth-order valence-electron chi connectivity index (χ4n) is 3.00. The molecule has 0 saturated heterocycles. The van der Waals surface area contributed by atoms with Gasteiger partial charge in [0.1, 0.15) is 13.2 Å². The molecule has 1 atom stereocenters. The van der Waals surface area contributed by atoms with Crippen LogP contribution < -0.4 is 19.5 Å². The SMILES string of the molecule is CCC(NC(=O)/C=C/c1cc(OC)c2c(c1)OCCO2)c1ccc(C)cc1. The van der Waals surface area contributed by atoms with Crippen molar-refractivity contribution in [2.45, 2.75) is 26.3 Å². The molecule has 1 amide bonds. The van der Waals surface area contributed by atoms with Crippen LogP contribution in [0.3, 0.4) is 0 Å². The Morgan fingerprint density at radius 3 is 2.67 bits per heavy atom. The molecule has 1 aliphatic rings. The lowest BCUT2D eigenvalue weighted by Gasteiger charge is -2.21. The number of amides is 1. The van der Waals surface area contributed by atoms with Crippen LogP contribution in [0.15, 0.2) is 42.5 Å². The number of fused-ring (bicyclic) bond motifs is 1. The molecular formula is C22H25NO4. The Kier molecular flexibility index (Phi) is 6.01. The average Bonchev–Trinajstić information content (AvgIpc) is 2.70. The predicted molar refractivity (Wildman–Crippen MR) is 105 cm³/mol. The van der Waals surface area contributed by atoms with Gasteiger partial charge in [0.05, 0.1) is 13.2 Å². The van der Waals surface area contributed by atoms with Crippen LogP contribution in [0.5, 0.6) is 17.2 Å². The highest BCUT2D eigenvalue weighted by molar-refractivity contribution is 5.92. The maximum atomic E-state index is 12.4. The van der Waals surface area contributed by atoms with Gasteiger partial charge in [0, 0.05) is 6.08 Å². The largest absolute Gasteiger partial charge is 0.493 e. The van der Waals surface area contributed by atoms with Crippen molar-refractivity contribution in [3.8, 4) is 17.2 Å². The first-order valence-corrected chi connectivity index (χ1v) is 9.13. The molecule has 0 aromatic heterocycles. The molecule has 0 saturated carbocycles. The van der Waals surface area contributed by atoms with Crippen molar-refractivity contribution in [1.82, 2.24) is 5.32 Å². The Hall–Kier alpha value is -2.95. The number of aryl methyl sites for hydroxylation is 1. The highest BCUT2D eigenvalue weighted by Gasteiger charge is 2.18. The van der Waals surface area contributed by atoms with Crippen molar-refractivity contribution >= 4 is 12.0 Å². The molecule has 1 heterocycles. The quantitative estimate of drug-likeness (QED) is 0.783. The third-order valence-corrected chi connectivity index (χ3v) is 4.48. The maximum Gasteiger partial charge on any atom is 0.244 e. The van der Waals surface area contributed by atoms with Gasteiger partial charge in [-0.15, -0.1) is 0 Å². The number of hydrogen-bond donors (Lipinski definition) is 1. The van der Waals surface area contributed by atoms with Gasteiger partial charge in [-0.2, -0.15) is 0 Å². The summed E-state index contributed by atoms with van der Waals surface area (Å²) in [5.41, 5.74) is 3.12. The minimum Gasteiger partial charge on any atom is -0.493 e. The normalized spacial score (nSPS) is 14.0. The van der Waals surface area contributed by atoms with Crippen molar-refractivity contribution < 1.29 is 19.0 Å². The monoisotopic (exact) mass is 367 g/mol. The third-order valence-electron chi connectivity index (χ3n) is 4.48. The van der Waals surface area contributed by atoms with Crippen LogP contribution in [0.4, 0.5) is 0 Å². The fraction of sp³-hybridized carbons (Fsp3) is 0.318. The molecule has 2 aromatic rings. The lowest BCUT2D eigenvalue weighted by molar-refractivity contribution is -0.117. The number of nitrogens with one attached hydrogen (secondary N) is 1. The van der Waals surface area contributed by atoms with Gasteiger partial charge in [0.25, 0.3) is 0 Å². The van der Waals surface area contributed by atoms with Crippen LogP contribution >= 0.6 is 0 Å². The molecular weight excluding hydrogens is 342 g/mol. The second-order valence-corrected chi connectivity index (χ2v) is 6.46. The molecule has 1 aliphatic heterocycles. The van der Waals surface area contributed by atoms with Crippen molar-refractivity contribution in [2.75, 3.05) is 20.3 Å². The van der Waals surface area contributed by atoms with Crippen LogP contribution in [-0.2, 0) is 4.79 Å². The van der Waals surface area contributed by atoms with Crippen LogP contribution in [0.2, 0.25) is 0 Å². The summed E-state index contributed by atoms with van der Waals surface area (Å²) >= 11 is 0. The van der Waals surface area contributed by atoms with Gasteiger partial charge >= 0.3 is 0 Å². The van der Waals surface area contributed by atoms with Crippen molar-refractivity contribution in [3.63, 3.8) is 0 Å². The molecule has 5 heteroatoms. The zero-order valence-corrected chi connectivity index (χ0v) is 16.0. The number of rotatable bonds is 6. The summed E-state index contributed by atoms with van der Waals surface area (Å²) < 4.78 is 16.6. The highest BCUT2D eigenvalue weighted by Crippen LogP contribution is 2.40. The summed E-state index contributed by atoms with van der Waals surface area (Å²) in [4.78, 5) is 12.4. The molecule has 27 heavy (non-hydrogen) atoms. The smallest absolute Gasteiger partial charge is 0.244 e. The van der Waals surface area contributed by atoms with E-state index in [1.54, 1.807) is 13.2 Å². The average molecular weight is 367 g/mol. The van der Waals surface area contributed by atoms with Crippen LogP contribution in [0.1, 0.15) is 36.1 Å². The summed E-state index contributed by atoms with van der Waals surface area (Å²) in [6.45, 7) is 5.10. The summed E-state index contributed by atoms with van der Waals surface area (Å²) in [6.07, 6.45) is 4.10. The standard InChI is InChI=1S/C22H25NO4/c1-4-18(17-8-5-15(2)6-9-17)23-21(24)10-7-16-13-19(25-3)22-20(14-16)26-11-12-27-22/h5-10,13-14,18H,4,11-12H2,1-3H3,(H,23,24)/b10-7+. The highest BCUT2D eigenvalue weighted by atomic mass is 16.6. The number of ether oxygens (including phenoxy) is 3. The molecule has 142 valence electrons. The van der Waals surface area contributed by atoms with Crippen LogP contribution in [-0.4, -0.2) is 26.2 Å². The van der Waals surface area contributed by atoms with Gasteiger partial charge in [-0.05, 0) is 42.7 Å². The predicted octanol–water partition coefficient (Wildman–Crippen LogP) is 4.06. The van der Waals surface area contributed by atoms with E-state index in [4.69, 9.17) is 14.2 Å².